The van der Waals surface area contributed by atoms with Gasteiger partial charge < -0.3 is 0 Å². The lowest BCUT2D eigenvalue weighted by molar-refractivity contribution is 0.716. The summed E-state index contributed by atoms with van der Waals surface area (Å²) in [7, 11) is 1.84. The SMILES string of the molecule is Cn1cc(-n2nnc(-c3cncs3)n2)cn1. The molecule has 0 fully saturated rings. The molecule has 0 saturated heterocycles. The van der Waals surface area contributed by atoms with E-state index in [1.54, 1.807) is 22.6 Å². The van der Waals surface area contributed by atoms with Crippen molar-refractivity contribution >= 4 is 11.3 Å². The van der Waals surface area contributed by atoms with Crippen LogP contribution in [0.25, 0.3) is 16.4 Å². The second-order valence-corrected chi connectivity index (χ2v) is 4.03. The summed E-state index contributed by atoms with van der Waals surface area (Å²) in [6.07, 6.45) is 5.21. The highest BCUT2D eigenvalue weighted by molar-refractivity contribution is 7.13. The molecule has 3 rings (SSSR count). The van der Waals surface area contributed by atoms with Crippen molar-refractivity contribution in [3.8, 4) is 16.4 Å². The first-order chi connectivity index (χ1) is 7.83. The molecular formula is C8H7N7S. The Morgan fingerprint density at radius 3 is 2.94 bits per heavy atom. The fourth-order valence-corrected chi connectivity index (χ4v) is 1.80. The van der Waals surface area contributed by atoms with E-state index >= 15 is 0 Å². The number of hydrogen-bond acceptors (Lipinski definition) is 6. The van der Waals surface area contributed by atoms with Crippen LogP contribution in [0.15, 0.2) is 24.1 Å². The van der Waals surface area contributed by atoms with Gasteiger partial charge in [0.25, 0.3) is 0 Å². The van der Waals surface area contributed by atoms with Gasteiger partial charge in [-0.2, -0.15) is 5.10 Å². The summed E-state index contributed by atoms with van der Waals surface area (Å²) >= 11 is 1.48. The lowest BCUT2D eigenvalue weighted by Gasteiger charge is -1.89. The van der Waals surface area contributed by atoms with Gasteiger partial charge in [-0.15, -0.1) is 26.3 Å². The number of rotatable bonds is 2. The molecule has 3 heterocycles. The Balaban J connectivity index is 2.00. The summed E-state index contributed by atoms with van der Waals surface area (Å²) in [5.41, 5.74) is 2.52. The largest absolute Gasteiger partial charge is 0.274 e. The van der Waals surface area contributed by atoms with E-state index in [9.17, 15) is 0 Å². The van der Waals surface area contributed by atoms with Crippen LogP contribution in [0.5, 0.6) is 0 Å². The molecular weight excluding hydrogens is 226 g/mol. The van der Waals surface area contributed by atoms with Crippen molar-refractivity contribution < 1.29 is 0 Å². The number of thiazole rings is 1. The van der Waals surface area contributed by atoms with Crippen molar-refractivity contribution in [1.82, 2.24) is 35.0 Å². The molecule has 16 heavy (non-hydrogen) atoms. The Morgan fingerprint density at radius 2 is 2.25 bits per heavy atom. The maximum atomic E-state index is 4.25. The Bertz CT molecular complexity index is 593. The van der Waals surface area contributed by atoms with E-state index in [4.69, 9.17) is 0 Å². The Hall–Kier alpha value is -2.09. The van der Waals surface area contributed by atoms with Gasteiger partial charge in [-0.25, -0.2) is 0 Å². The molecule has 3 aromatic rings. The molecule has 0 spiro atoms. The maximum Gasteiger partial charge on any atom is 0.216 e. The molecule has 0 aliphatic heterocycles. The topological polar surface area (TPSA) is 74.3 Å². The van der Waals surface area contributed by atoms with Gasteiger partial charge in [-0.05, 0) is 5.21 Å². The van der Waals surface area contributed by atoms with Crippen LogP contribution in [0, 0.1) is 0 Å². The van der Waals surface area contributed by atoms with Crippen LogP contribution in [0.4, 0.5) is 0 Å². The highest BCUT2D eigenvalue weighted by Crippen LogP contribution is 2.18. The van der Waals surface area contributed by atoms with Crippen molar-refractivity contribution in [1.29, 1.82) is 0 Å². The minimum absolute atomic E-state index is 0.575. The van der Waals surface area contributed by atoms with Crippen LogP contribution < -0.4 is 0 Å². The van der Waals surface area contributed by atoms with E-state index in [0.717, 1.165) is 10.6 Å². The van der Waals surface area contributed by atoms with Crippen molar-refractivity contribution in [2.24, 2.45) is 7.05 Å². The normalized spacial score (nSPS) is 10.8. The van der Waals surface area contributed by atoms with Crippen LogP contribution >= 0.6 is 11.3 Å². The number of nitrogens with zero attached hydrogens (tertiary/aromatic N) is 7. The highest BCUT2D eigenvalue weighted by Gasteiger charge is 2.09. The quantitative estimate of drug-likeness (QED) is 0.645. The summed E-state index contributed by atoms with van der Waals surface area (Å²) in [6, 6.07) is 0. The van der Waals surface area contributed by atoms with Gasteiger partial charge in [0.05, 0.1) is 22.8 Å². The predicted molar refractivity (Wildman–Crippen MR) is 57.0 cm³/mol. The number of hydrogen-bond donors (Lipinski definition) is 0. The molecule has 0 aromatic carbocycles. The lowest BCUT2D eigenvalue weighted by atomic mass is 10.5. The summed E-state index contributed by atoms with van der Waals surface area (Å²) in [5.74, 6) is 0.575. The van der Waals surface area contributed by atoms with E-state index < -0.39 is 0 Å². The number of aryl methyl sites for hydroxylation is 1. The molecule has 0 amide bonds. The van der Waals surface area contributed by atoms with Crippen molar-refractivity contribution in [3.63, 3.8) is 0 Å². The van der Waals surface area contributed by atoms with E-state index in [1.807, 2.05) is 13.2 Å². The molecule has 0 atom stereocenters. The third-order valence-corrected chi connectivity index (χ3v) is 2.76. The molecule has 0 saturated carbocycles. The molecule has 80 valence electrons. The van der Waals surface area contributed by atoms with Gasteiger partial charge in [-0.1, -0.05) is 0 Å². The zero-order chi connectivity index (χ0) is 11.0. The average Bonchev–Trinajstić information content (AvgIpc) is 2.97. The van der Waals surface area contributed by atoms with E-state index in [-0.39, 0.29) is 0 Å². The molecule has 3 aromatic heterocycles. The molecule has 8 heteroatoms. The smallest absolute Gasteiger partial charge is 0.216 e. The van der Waals surface area contributed by atoms with Gasteiger partial charge in [0.2, 0.25) is 5.82 Å². The maximum absolute atomic E-state index is 4.25. The second-order valence-electron chi connectivity index (χ2n) is 3.14. The molecule has 0 unspecified atom stereocenters. The van der Waals surface area contributed by atoms with Gasteiger partial charge >= 0.3 is 0 Å². The Labute approximate surface area is 94.4 Å². The lowest BCUT2D eigenvalue weighted by Crippen LogP contribution is -1.97. The standard InChI is InChI=1S/C8H7N7S/c1-14-4-6(2-10-14)15-12-8(11-13-15)7-3-9-5-16-7/h2-5H,1H3. The highest BCUT2D eigenvalue weighted by atomic mass is 32.1. The van der Waals surface area contributed by atoms with E-state index in [0.29, 0.717) is 5.82 Å². The van der Waals surface area contributed by atoms with Crippen LogP contribution in [-0.4, -0.2) is 35.0 Å². The zero-order valence-corrected chi connectivity index (χ0v) is 9.16. The summed E-state index contributed by atoms with van der Waals surface area (Å²) in [6.45, 7) is 0. The monoisotopic (exact) mass is 233 g/mol. The summed E-state index contributed by atoms with van der Waals surface area (Å²) < 4.78 is 1.69. The molecule has 7 nitrogen and oxygen atoms in total. The minimum Gasteiger partial charge on any atom is -0.274 e. The molecule has 0 N–H and O–H groups in total. The second kappa shape index (κ2) is 3.49. The third kappa shape index (κ3) is 1.48. The molecule has 0 bridgehead atoms. The van der Waals surface area contributed by atoms with E-state index in [2.05, 4.69) is 25.5 Å². The third-order valence-electron chi connectivity index (χ3n) is 1.99. The molecule has 0 radical (unpaired) electrons. The van der Waals surface area contributed by atoms with Crippen LogP contribution in [0.2, 0.25) is 0 Å². The van der Waals surface area contributed by atoms with Gasteiger partial charge in [0, 0.05) is 13.2 Å². The predicted octanol–water partition coefficient (Wildman–Crippen LogP) is 0.519. The summed E-state index contributed by atoms with van der Waals surface area (Å²) in [4.78, 5) is 6.31. The Kier molecular flexibility index (Phi) is 2.00. The number of aromatic nitrogens is 7. The van der Waals surface area contributed by atoms with Crippen molar-refractivity contribution in [2.75, 3.05) is 0 Å². The van der Waals surface area contributed by atoms with Gasteiger partial charge in [-0.3, -0.25) is 9.67 Å². The molecule has 0 aliphatic rings. The van der Waals surface area contributed by atoms with Crippen LogP contribution in [0.1, 0.15) is 0 Å². The fraction of sp³-hybridized carbons (Fsp3) is 0.125. The first-order valence-electron chi connectivity index (χ1n) is 4.51. The number of tetrazole rings is 1. The van der Waals surface area contributed by atoms with Crippen molar-refractivity contribution in [3.05, 3.63) is 24.1 Å². The van der Waals surface area contributed by atoms with Crippen molar-refractivity contribution in [2.45, 2.75) is 0 Å². The average molecular weight is 233 g/mol. The fourth-order valence-electron chi connectivity index (χ4n) is 1.26. The summed E-state index contributed by atoms with van der Waals surface area (Å²) in [5, 5.41) is 16.2. The van der Waals surface area contributed by atoms with E-state index in [1.165, 1.54) is 16.1 Å². The van der Waals surface area contributed by atoms with Gasteiger partial charge in [0.15, 0.2) is 0 Å². The van der Waals surface area contributed by atoms with Crippen LogP contribution in [-0.2, 0) is 7.05 Å². The minimum atomic E-state index is 0.575. The Morgan fingerprint density at radius 1 is 1.31 bits per heavy atom. The molecule has 0 aliphatic carbocycles. The first kappa shape index (κ1) is 9.16. The van der Waals surface area contributed by atoms with Crippen LogP contribution in [0.3, 0.4) is 0 Å². The first-order valence-corrected chi connectivity index (χ1v) is 5.39. The van der Waals surface area contributed by atoms with Gasteiger partial charge in [0.1, 0.15) is 5.69 Å². The zero-order valence-electron chi connectivity index (χ0n) is 8.35.